The Morgan fingerprint density at radius 3 is 2.89 bits per heavy atom. The van der Waals surface area contributed by atoms with E-state index in [0.29, 0.717) is 5.92 Å². The fourth-order valence-corrected chi connectivity index (χ4v) is 3.88. The summed E-state index contributed by atoms with van der Waals surface area (Å²) < 4.78 is 2.71. The van der Waals surface area contributed by atoms with Crippen LogP contribution in [0.3, 0.4) is 0 Å². The van der Waals surface area contributed by atoms with Crippen LogP contribution >= 0.6 is 34.7 Å². The quantitative estimate of drug-likeness (QED) is 0.854. The van der Waals surface area contributed by atoms with E-state index in [9.17, 15) is 0 Å². The molecular weight excluding hydrogens is 288 g/mol. The lowest BCUT2D eigenvalue weighted by molar-refractivity contribution is 0.710. The second kappa shape index (κ2) is 4.08. The molecule has 1 fully saturated rings. The zero-order valence-electron chi connectivity index (χ0n) is 9.34. The lowest BCUT2D eigenvalue weighted by atomic mass is 10.3. The fraction of sp³-hybridized carbons (Fsp3) is 0.364. The van der Waals surface area contributed by atoms with Crippen molar-refractivity contribution in [2.75, 3.05) is 5.75 Å². The number of aromatic nitrogens is 3. The average molecular weight is 297 g/mol. The van der Waals surface area contributed by atoms with E-state index < -0.39 is 0 Å². The number of halogens is 1. The van der Waals surface area contributed by atoms with Crippen molar-refractivity contribution in [3.8, 4) is 0 Å². The molecule has 7 heteroatoms. The number of nitrogens with zero attached hydrogens (tertiary/aromatic N) is 4. The SMILES string of the molecule is Clc1ccc(C2=Nn3c(nnc3C3CC3)SC2)s1. The Balaban J connectivity index is 1.78. The molecule has 1 aliphatic carbocycles. The Labute approximate surface area is 117 Å². The number of thiophene rings is 1. The van der Waals surface area contributed by atoms with Crippen molar-refractivity contribution in [2.45, 2.75) is 23.9 Å². The summed E-state index contributed by atoms with van der Waals surface area (Å²) in [5, 5.41) is 14.0. The monoisotopic (exact) mass is 296 g/mol. The molecule has 2 aromatic rings. The van der Waals surface area contributed by atoms with Gasteiger partial charge >= 0.3 is 0 Å². The van der Waals surface area contributed by atoms with Gasteiger partial charge in [-0.1, -0.05) is 23.4 Å². The highest BCUT2D eigenvalue weighted by Gasteiger charge is 2.32. The van der Waals surface area contributed by atoms with Crippen LogP contribution in [0.4, 0.5) is 0 Å². The molecule has 0 spiro atoms. The van der Waals surface area contributed by atoms with Crippen molar-refractivity contribution < 1.29 is 0 Å². The first-order valence-electron chi connectivity index (χ1n) is 5.73. The van der Waals surface area contributed by atoms with Gasteiger partial charge in [0, 0.05) is 11.7 Å². The van der Waals surface area contributed by atoms with Crippen molar-refractivity contribution in [1.29, 1.82) is 0 Å². The van der Waals surface area contributed by atoms with Gasteiger partial charge in [0.25, 0.3) is 0 Å². The molecule has 2 aliphatic rings. The second-order valence-electron chi connectivity index (χ2n) is 4.37. The van der Waals surface area contributed by atoms with Gasteiger partial charge in [-0.15, -0.1) is 21.5 Å². The van der Waals surface area contributed by atoms with Crippen LogP contribution in [-0.2, 0) is 0 Å². The van der Waals surface area contributed by atoms with Crippen LogP contribution in [0.1, 0.15) is 29.5 Å². The zero-order valence-corrected chi connectivity index (χ0v) is 11.7. The third kappa shape index (κ3) is 1.79. The molecule has 2 aromatic heterocycles. The molecule has 0 aromatic carbocycles. The van der Waals surface area contributed by atoms with Gasteiger partial charge in [0.05, 0.1) is 14.9 Å². The third-order valence-electron chi connectivity index (χ3n) is 3.00. The van der Waals surface area contributed by atoms with Gasteiger partial charge in [-0.25, -0.2) is 0 Å². The number of fused-ring (bicyclic) bond motifs is 1. The maximum absolute atomic E-state index is 5.98. The van der Waals surface area contributed by atoms with Crippen molar-refractivity contribution in [1.82, 2.24) is 14.9 Å². The number of hydrogen-bond acceptors (Lipinski definition) is 5. The van der Waals surface area contributed by atoms with E-state index >= 15 is 0 Å². The molecule has 4 rings (SSSR count). The van der Waals surface area contributed by atoms with Gasteiger partial charge in [-0.3, -0.25) is 0 Å². The highest BCUT2D eigenvalue weighted by molar-refractivity contribution is 7.99. The van der Waals surface area contributed by atoms with E-state index in [-0.39, 0.29) is 0 Å². The molecular formula is C11H9ClN4S2. The maximum atomic E-state index is 5.98. The number of hydrogen-bond donors (Lipinski definition) is 0. The normalized spacial score (nSPS) is 18.6. The Morgan fingerprint density at radius 2 is 2.17 bits per heavy atom. The van der Waals surface area contributed by atoms with Crippen LogP contribution < -0.4 is 0 Å². The van der Waals surface area contributed by atoms with Gasteiger partial charge in [0.1, 0.15) is 0 Å². The topological polar surface area (TPSA) is 43.1 Å². The van der Waals surface area contributed by atoms with Gasteiger partial charge in [-0.2, -0.15) is 9.78 Å². The lowest BCUT2D eigenvalue weighted by Gasteiger charge is -2.12. The summed E-state index contributed by atoms with van der Waals surface area (Å²) in [4.78, 5) is 1.13. The molecule has 18 heavy (non-hydrogen) atoms. The average Bonchev–Trinajstić information content (AvgIpc) is 2.99. The first-order valence-corrected chi connectivity index (χ1v) is 7.91. The highest BCUT2D eigenvalue weighted by atomic mass is 35.5. The van der Waals surface area contributed by atoms with Gasteiger partial charge < -0.3 is 0 Å². The van der Waals surface area contributed by atoms with Crippen LogP contribution in [0.15, 0.2) is 22.4 Å². The van der Waals surface area contributed by atoms with E-state index in [1.165, 1.54) is 12.8 Å². The summed E-state index contributed by atoms with van der Waals surface area (Å²) in [6.45, 7) is 0. The summed E-state index contributed by atoms with van der Waals surface area (Å²) in [6.07, 6.45) is 2.41. The van der Waals surface area contributed by atoms with E-state index in [0.717, 1.165) is 31.7 Å². The Morgan fingerprint density at radius 1 is 1.28 bits per heavy atom. The van der Waals surface area contributed by atoms with Crippen molar-refractivity contribution in [3.63, 3.8) is 0 Å². The Bertz CT molecular complexity index is 641. The Kier molecular flexibility index (Phi) is 2.50. The molecule has 3 heterocycles. The van der Waals surface area contributed by atoms with Gasteiger partial charge in [-0.05, 0) is 25.0 Å². The van der Waals surface area contributed by atoms with Gasteiger partial charge in [0.2, 0.25) is 5.16 Å². The zero-order chi connectivity index (χ0) is 12.1. The van der Waals surface area contributed by atoms with Crippen LogP contribution in [0, 0.1) is 0 Å². The fourth-order valence-electron chi connectivity index (χ4n) is 1.93. The largest absolute Gasteiger partial charge is 0.212 e. The molecule has 0 N–H and O–H groups in total. The Hall–Kier alpha value is -0.850. The summed E-state index contributed by atoms with van der Waals surface area (Å²) in [5.74, 6) is 2.40. The molecule has 0 unspecified atom stereocenters. The predicted octanol–water partition coefficient (Wildman–Crippen LogP) is 3.23. The molecule has 0 bridgehead atoms. The third-order valence-corrected chi connectivity index (χ3v) is 5.21. The molecule has 1 saturated carbocycles. The number of thioether (sulfide) groups is 1. The lowest BCUT2D eigenvalue weighted by Crippen LogP contribution is -2.13. The summed E-state index contributed by atoms with van der Waals surface area (Å²) >= 11 is 9.23. The predicted molar refractivity (Wildman–Crippen MR) is 74.0 cm³/mol. The van der Waals surface area contributed by atoms with Crippen molar-refractivity contribution in [3.05, 3.63) is 27.2 Å². The van der Waals surface area contributed by atoms with Crippen LogP contribution in [0.2, 0.25) is 4.34 Å². The molecule has 4 nitrogen and oxygen atoms in total. The van der Waals surface area contributed by atoms with E-state index in [4.69, 9.17) is 11.6 Å². The van der Waals surface area contributed by atoms with Crippen LogP contribution in [0.5, 0.6) is 0 Å². The molecule has 92 valence electrons. The second-order valence-corrected chi connectivity index (χ2v) is 7.02. The standard InChI is InChI=1S/C11H9ClN4S2/c12-9-4-3-8(18-9)7-5-17-11-14-13-10(6-1-2-6)16(11)15-7/h3-4,6H,1-2,5H2. The van der Waals surface area contributed by atoms with Crippen molar-refractivity contribution in [2.24, 2.45) is 5.10 Å². The molecule has 1 aliphatic heterocycles. The number of rotatable bonds is 2. The van der Waals surface area contributed by atoms with E-state index in [1.807, 2.05) is 16.8 Å². The smallest absolute Gasteiger partial charge is 0.191 e. The molecule has 0 radical (unpaired) electrons. The van der Waals surface area contributed by atoms with Gasteiger partial charge in [0.15, 0.2) is 5.82 Å². The summed E-state index contributed by atoms with van der Waals surface area (Å²) in [5.41, 5.74) is 1.06. The molecule has 0 atom stereocenters. The van der Waals surface area contributed by atoms with Crippen molar-refractivity contribution >= 4 is 40.4 Å². The minimum Gasteiger partial charge on any atom is -0.191 e. The first-order chi connectivity index (χ1) is 8.81. The highest BCUT2D eigenvalue weighted by Crippen LogP contribution is 2.41. The van der Waals surface area contributed by atoms with E-state index in [1.54, 1.807) is 23.1 Å². The summed E-state index contributed by atoms with van der Waals surface area (Å²) in [7, 11) is 0. The van der Waals surface area contributed by atoms with Crippen LogP contribution in [0.25, 0.3) is 0 Å². The summed E-state index contributed by atoms with van der Waals surface area (Å²) in [6, 6.07) is 3.94. The molecule has 0 saturated heterocycles. The maximum Gasteiger partial charge on any atom is 0.212 e. The molecule has 0 amide bonds. The first kappa shape index (κ1) is 11.0. The minimum absolute atomic E-state index is 0.557. The van der Waals surface area contributed by atoms with Crippen LogP contribution in [-0.4, -0.2) is 26.3 Å². The minimum atomic E-state index is 0.557. The van der Waals surface area contributed by atoms with E-state index in [2.05, 4.69) is 15.3 Å².